The molecular formula is C21H20ClNO2S. The van der Waals surface area contributed by atoms with E-state index < -0.39 is 10.0 Å². The van der Waals surface area contributed by atoms with Crippen molar-refractivity contribution in [2.24, 2.45) is 17.3 Å². The van der Waals surface area contributed by atoms with Crippen LogP contribution in [0.5, 0.6) is 0 Å². The third kappa shape index (κ3) is 2.85. The van der Waals surface area contributed by atoms with E-state index in [9.17, 15) is 8.42 Å². The lowest BCUT2D eigenvalue weighted by Gasteiger charge is -2.20. The van der Waals surface area contributed by atoms with Crippen LogP contribution in [0.2, 0.25) is 5.02 Å². The number of fused-ring (bicyclic) bond motifs is 1. The Labute approximate surface area is 160 Å². The maximum atomic E-state index is 12.9. The Bertz CT molecular complexity index is 1000. The fourth-order valence-corrected chi connectivity index (χ4v) is 5.54. The Kier molecular flexibility index (Phi) is 4.15. The van der Waals surface area contributed by atoms with Gasteiger partial charge in [0.2, 0.25) is 10.0 Å². The number of benzene rings is 2. The molecule has 1 aliphatic heterocycles. The molecule has 5 heteroatoms. The van der Waals surface area contributed by atoms with Crippen molar-refractivity contribution in [1.29, 1.82) is 0 Å². The summed E-state index contributed by atoms with van der Waals surface area (Å²) in [6, 6.07) is 14.5. The molecule has 134 valence electrons. The predicted octanol–water partition coefficient (Wildman–Crippen LogP) is 3.96. The van der Waals surface area contributed by atoms with E-state index in [2.05, 4.69) is 18.8 Å². The van der Waals surface area contributed by atoms with Crippen molar-refractivity contribution >= 4 is 21.6 Å². The fraction of sp³-hybridized carbons (Fsp3) is 0.333. The molecule has 1 aliphatic carbocycles. The molecule has 3 atom stereocenters. The van der Waals surface area contributed by atoms with Crippen molar-refractivity contribution in [2.45, 2.75) is 18.7 Å². The predicted molar refractivity (Wildman–Crippen MR) is 103 cm³/mol. The Morgan fingerprint density at radius 2 is 1.77 bits per heavy atom. The van der Waals surface area contributed by atoms with Gasteiger partial charge in [-0.3, -0.25) is 0 Å². The van der Waals surface area contributed by atoms with Crippen LogP contribution in [-0.4, -0.2) is 25.8 Å². The average molecular weight is 386 g/mol. The zero-order chi connectivity index (χ0) is 18.5. The van der Waals surface area contributed by atoms with Gasteiger partial charge in [0.05, 0.1) is 10.3 Å². The van der Waals surface area contributed by atoms with E-state index in [1.165, 1.54) is 0 Å². The maximum absolute atomic E-state index is 12.9. The zero-order valence-electron chi connectivity index (χ0n) is 14.7. The van der Waals surface area contributed by atoms with Crippen molar-refractivity contribution in [3.8, 4) is 11.8 Å². The van der Waals surface area contributed by atoms with E-state index in [1.807, 2.05) is 43.3 Å². The van der Waals surface area contributed by atoms with E-state index in [1.54, 1.807) is 16.4 Å². The lowest BCUT2D eigenvalue weighted by Crippen LogP contribution is -2.33. The third-order valence-electron chi connectivity index (χ3n) is 5.75. The van der Waals surface area contributed by atoms with Crippen LogP contribution in [0.1, 0.15) is 18.1 Å². The highest BCUT2D eigenvalue weighted by atomic mass is 35.5. The van der Waals surface area contributed by atoms with E-state index in [0.717, 1.165) is 11.1 Å². The van der Waals surface area contributed by atoms with Crippen LogP contribution < -0.4 is 0 Å². The Hall–Kier alpha value is -1.80. The number of piperidine rings is 1. The maximum Gasteiger partial charge on any atom is 0.243 e. The van der Waals surface area contributed by atoms with Crippen molar-refractivity contribution in [1.82, 2.24) is 4.31 Å². The summed E-state index contributed by atoms with van der Waals surface area (Å²) in [6.45, 7) is 5.13. The Balaban J connectivity index is 1.58. The summed E-state index contributed by atoms with van der Waals surface area (Å²) in [5.41, 5.74) is 1.73. The first-order valence-electron chi connectivity index (χ1n) is 8.68. The summed E-state index contributed by atoms with van der Waals surface area (Å²) < 4.78 is 27.5. The molecule has 0 aromatic heterocycles. The van der Waals surface area contributed by atoms with Crippen LogP contribution in [-0.2, 0) is 10.0 Å². The summed E-state index contributed by atoms with van der Waals surface area (Å²) >= 11 is 5.91. The highest BCUT2D eigenvalue weighted by Crippen LogP contribution is 2.63. The van der Waals surface area contributed by atoms with Gasteiger partial charge in [-0.2, -0.15) is 4.31 Å². The van der Waals surface area contributed by atoms with Crippen LogP contribution in [0.3, 0.4) is 0 Å². The lowest BCUT2D eigenvalue weighted by atomic mass is 10.0. The number of rotatable bonds is 2. The zero-order valence-corrected chi connectivity index (χ0v) is 16.3. The van der Waals surface area contributed by atoms with Crippen molar-refractivity contribution in [2.75, 3.05) is 13.1 Å². The highest BCUT2D eigenvalue weighted by Gasteiger charge is 2.67. The first-order chi connectivity index (χ1) is 12.3. The molecule has 2 aliphatic rings. The SMILES string of the molecule is Cc1ccc(S(=O)(=O)N2C[C@H]3[C@H](C)[C@@]3(C#Cc3ccc(Cl)cc3)C2)cc1. The van der Waals surface area contributed by atoms with Crippen molar-refractivity contribution in [3.05, 3.63) is 64.7 Å². The number of halogens is 1. The first-order valence-corrected chi connectivity index (χ1v) is 10.5. The molecule has 0 bridgehead atoms. The van der Waals surface area contributed by atoms with Gasteiger partial charge in [-0.05, 0) is 55.2 Å². The molecule has 1 saturated carbocycles. The minimum atomic E-state index is -3.46. The number of sulfonamides is 1. The van der Waals surface area contributed by atoms with Gasteiger partial charge in [0.25, 0.3) is 0 Å². The molecule has 0 radical (unpaired) electrons. The molecule has 2 aromatic rings. The number of nitrogens with zero attached hydrogens (tertiary/aromatic N) is 1. The fourth-order valence-electron chi connectivity index (χ4n) is 3.89. The Morgan fingerprint density at radius 3 is 2.42 bits per heavy atom. The number of hydrogen-bond donors (Lipinski definition) is 0. The average Bonchev–Trinajstić information content (AvgIpc) is 2.98. The number of aryl methyl sites for hydroxylation is 1. The van der Waals surface area contributed by atoms with Gasteiger partial charge in [0.15, 0.2) is 0 Å². The first kappa shape index (κ1) is 17.6. The molecule has 2 fully saturated rings. The van der Waals surface area contributed by atoms with Crippen LogP contribution >= 0.6 is 11.6 Å². The van der Waals surface area contributed by atoms with E-state index in [4.69, 9.17) is 11.6 Å². The normalized spacial score (nSPS) is 27.5. The van der Waals surface area contributed by atoms with Gasteiger partial charge in [-0.25, -0.2) is 8.42 Å². The second-order valence-corrected chi connectivity index (χ2v) is 9.68. The van der Waals surface area contributed by atoms with Crippen LogP contribution in [0, 0.1) is 36.0 Å². The minimum absolute atomic E-state index is 0.225. The quantitative estimate of drug-likeness (QED) is 0.734. The summed E-state index contributed by atoms with van der Waals surface area (Å²) in [5.74, 6) is 7.33. The van der Waals surface area contributed by atoms with Crippen LogP contribution in [0.4, 0.5) is 0 Å². The summed E-state index contributed by atoms with van der Waals surface area (Å²) in [6.07, 6.45) is 0. The smallest absolute Gasteiger partial charge is 0.207 e. The van der Waals surface area contributed by atoms with Gasteiger partial charge in [-0.15, -0.1) is 0 Å². The van der Waals surface area contributed by atoms with Gasteiger partial charge in [0.1, 0.15) is 0 Å². The molecule has 4 rings (SSSR count). The van der Waals surface area contributed by atoms with Gasteiger partial charge < -0.3 is 0 Å². The summed E-state index contributed by atoms with van der Waals surface area (Å²) in [5, 5.41) is 0.683. The lowest BCUT2D eigenvalue weighted by molar-refractivity contribution is 0.402. The molecule has 0 unspecified atom stereocenters. The van der Waals surface area contributed by atoms with Crippen LogP contribution in [0.15, 0.2) is 53.4 Å². The van der Waals surface area contributed by atoms with E-state index >= 15 is 0 Å². The largest absolute Gasteiger partial charge is 0.243 e. The van der Waals surface area contributed by atoms with E-state index in [-0.39, 0.29) is 5.41 Å². The number of hydrogen-bond acceptors (Lipinski definition) is 2. The topological polar surface area (TPSA) is 37.4 Å². The molecule has 0 spiro atoms. The molecule has 3 nitrogen and oxygen atoms in total. The van der Waals surface area contributed by atoms with Gasteiger partial charge in [-0.1, -0.05) is 48.1 Å². The van der Waals surface area contributed by atoms with Gasteiger partial charge >= 0.3 is 0 Å². The molecular weight excluding hydrogens is 366 g/mol. The standard InChI is InChI=1S/C21H20ClNO2S/c1-15-3-9-19(10-4-15)26(24,25)23-13-20-16(2)21(20,14-23)12-11-17-5-7-18(22)8-6-17/h3-10,16,20H,13-14H2,1-2H3/t16-,20-,21+/m0/s1. The highest BCUT2D eigenvalue weighted by molar-refractivity contribution is 7.89. The second kappa shape index (κ2) is 6.13. The molecule has 0 amide bonds. The van der Waals surface area contributed by atoms with E-state index in [0.29, 0.717) is 34.8 Å². The molecule has 0 N–H and O–H groups in total. The minimum Gasteiger partial charge on any atom is -0.207 e. The molecule has 26 heavy (non-hydrogen) atoms. The summed E-state index contributed by atoms with van der Waals surface area (Å²) in [7, 11) is -3.46. The van der Waals surface area contributed by atoms with Gasteiger partial charge in [0, 0.05) is 23.7 Å². The monoisotopic (exact) mass is 385 g/mol. The Morgan fingerprint density at radius 1 is 1.12 bits per heavy atom. The molecule has 1 saturated heterocycles. The second-order valence-electron chi connectivity index (χ2n) is 7.30. The van der Waals surface area contributed by atoms with Crippen LogP contribution in [0.25, 0.3) is 0 Å². The third-order valence-corrected chi connectivity index (χ3v) is 7.83. The molecule has 1 heterocycles. The van der Waals surface area contributed by atoms with Crippen molar-refractivity contribution < 1.29 is 8.42 Å². The summed E-state index contributed by atoms with van der Waals surface area (Å²) in [4.78, 5) is 0.359. The molecule has 2 aromatic carbocycles. The van der Waals surface area contributed by atoms with Crippen molar-refractivity contribution in [3.63, 3.8) is 0 Å².